The van der Waals surface area contributed by atoms with Crippen molar-refractivity contribution in [2.75, 3.05) is 32.8 Å². The van der Waals surface area contributed by atoms with Crippen LogP contribution in [-0.4, -0.2) is 49.6 Å². The van der Waals surface area contributed by atoms with Crippen molar-refractivity contribution in [1.29, 1.82) is 0 Å². The van der Waals surface area contributed by atoms with Crippen LogP contribution in [0.1, 0.15) is 39.5 Å². The third-order valence-corrected chi connectivity index (χ3v) is 3.34. The van der Waals surface area contributed by atoms with Crippen molar-refractivity contribution in [3.8, 4) is 0 Å². The molecule has 1 heterocycles. The van der Waals surface area contributed by atoms with Crippen molar-refractivity contribution in [2.45, 2.75) is 39.5 Å². The van der Waals surface area contributed by atoms with Crippen LogP contribution in [0.2, 0.25) is 0 Å². The van der Waals surface area contributed by atoms with Gasteiger partial charge in [0, 0.05) is 39.3 Å². The van der Waals surface area contributed by atoms with Gasteiger partial charge < -0.3 is 15.0 Å². The first-order chi connectivity index (χ1) is 9.19. The van der Waals surface area contributed by atoms with Gasteiger partial charge in [-0.25, -0.2) is 0 Å². The number of nitrogens with zero attached hydrogens (tertiary/aromatic N) is 1. The first-order valence-electron chi connectivity index (χ1n) is 7.32. The van der Waals surface area contributed by atoms with Gasteiger partial charge in [0.2, 0.25) is 11.8 Å². The molecule has 0 aromatic rings. The summed E-state index contributed by atoms with van der Waals surface area (Å²) in [4.78, 5) is 25.5. The van der Waals surface area contributed by atoms with Gasteiger partial charge in [-0.3, -0.25) is 9.59 Å². The van der Waals surface area contributed by atoms with E-state index < -0.39 is 0 Å². The predicted octanol–water partition coefficient (Wildman–Crippen LogP) is 1.18. The molecule has 110 valence electrons. The van der Waals surface area contributed by atoms with Crippen LogP contribution in [0.5, 0.6) is 0 Å². The molecule has 1 fully saturated rings. The average molecular weight is 270 g/mol. The number of nitrogens with one attached hydrogen (secondary N) is 1. The van der Waals surface area contributed by atoms with Crippen LogP contribution in [0.25, 0.3) is 0 Å². The molecule has 0 aromatic carbocycles. The first kappa shape index (κ1) is 16.0. The SMILES string of the molecule is CCCCN1C[C@@H](C(=O)NCCCOCC)CC1=O. The zero-order chi connectivity index (χ0) is 14.1. The van der Waals surface area contributed by atoms with Crippen LogP contribution in [-0.2, 0) is 14.3 Å². The van der Waals surface area contributed by atoms with Crippen LogP contribution in [0.15, 0.2) is 0 Å². The Morgan fingerprint density at radius 2 is 2.21 bits per heavy atom. The van der Waals surface area contributed by atoms with E-state index in [1.807, 2.05) is 11.8 Å². The summed E-state index contributed by atoms with van der Waals surface area (Å²) in [6.07, 6.45) is 3.26. The molecular weight excluding hydrogens is 244 g/mol. The molecule has 2 amide bonds. The Balaban J connectivity index is 2.21. The van der Waals surface area contributed by atoms with Crippen molar-refractivity contribution in [2.24, 2.45) is 5.92 Å². The molecule has 1 aliphatic heterocycles. The largest absolute Gasteiger partial charge is 0.382 e. The molecule has 0 radical (unpaired) electrons. The molecule has 1 atom stereocenters. The van der Waals surface area contributed by atoms with Crippen LogP contribution < -0.4 is 5.32 Å². The zero-order valence-electron chi connectivity index (χ0n) is 12.1. The van der Waals surface area contributed by atoms with E-state index in [4.69, 9.17) is 4.74 Å². The van der Waals surface area contributed by atoms with Crippen molar-refractivity contribution < 1.29 is 14.3 Å². The van der Waals surface area contributed by atoms with Gasteiger partial charge in [-0.05, 0) is 19.8 Å². The number of carbonyl (C=O) groups excluding carboxylic acids is 2. The minimum absolute atomic E-state index is 0.00356. The van der Waals surface area contributed by atoms with Gasteiger partial charge in [0.05, 0.1) is 5.92 Å². The van der Waals surface area contributed by atoms with Gasteiger partial charge in [0.1, 0.15) is 0 Å². The Hall–Kier alpha value is -1.10. The lowest BCUT2D eigenvalue weighted by atomic mass is 10.1. The van der Waals surface area contributed by atoms with E-state index >= 15 is 0 Å². The highest BCUT2D eigenvalue weighted by Crippen LogP contribution is 2.18. The maximum atomic E-state index is 11.9. The standard InChI is InChI=1S/C14H26N2O3/c1-3-5-8-16-11-12(10-13(16)17)14(18)15-7-6-9-19-4-2/h12H,3-11H2,1-2H3,(H,15,18)/t12-/m0/s1. The predicted molar refractivity (Wildman–Crippen MR) is 73.7 cm³/mol. The van der Waals surface area contributed by atoms with Crippen molar-refractivity contribution in [3.05, 3.63) is 0 Å². The average Bonchev–Trinajstić information content (AvgIpc) is 2.77. The van der Waals surface area contributed by atoms with E-state index in [1.165, 1.54) is 0 Å². The molecule has 0 aliphatic carbocycles. The second-order valence-corrected chi connectivity index (χ2v) is 4.94. The Bertz CT molecular complexity index is 294. The zero-order valence-corrected chi connectivity index (χ0v) is 12.1. The summed E-state index contributed by atoms with van der Waals surface area (Å²) in [7, 11) is 0. The molecule has 5 heteroatoms. The lowest BCUT2D eigenvalue weighted by Gasteiger charge is -2.15. The summed E-state index contributed by atoms with van der Waals surface area (Å²) in [5.74, 6) is -0.0526. The summed E-state index contributed by atoms with van der Waals surface area (Å²) >= 11 is 0. The van der Waals surface area contributed by atoms with Gasteiger partial charge >= 0.3 is 0 Å². The van der Waals surface area contributed by atoms with Gasteiger partial charge in [-0.1, -0.05) is 13.3 Å². The number of unbranched alkanes of at least 4 members (excludes halogenated alkanes) is 1. The minimum Gasteiger partial charge on any atom is -0.382 e. The maximum absolute atomic E-state index is 11.9. The third kappa shape index (κ3) is 5.59. The van der Waals surface area contributed by atoms with Crippen molar-refractivity contribution in [1.82, 2.24) is 10.2 Å². The fraction of sp³-hybridized carbons (Fsp3) is 0.857. The Morgan fingerprint density at radius 3 is 2.89 bits per heavy atom. The first-order valence-corrected chi connectivity index (χ1v) is 7.32. The number of hydrogen-bond acceptors (Lipinski definition) is 3. The van der Waals surface area contributed by atoms with Gasteiger partial charge in [-0.15, -0.1) is 0 Å². The molecule has 0 aromatic heterocycles. The Labute approximate surface area is 115 Å². The van der Waals surface area contributed by atoms with Crippen LogP contribution in [0.4, 0.5) is 0 Å². The summed E-state index contributed by atoms with van der Waals surface area (Å²) in [6.45, 7) is 7.41. The fourth-order valence-corrected chi connectivity index (χ4v) is 2.19. The highest BCUT2D eigenvalue weighted by molar-refractivity contribution is 5.89. The van der Waals surface area contributed by atoms with E-state index in [2.05, 4.69) is 12.2 Å². The van der Waals surface area contributed by atoms with E-state index in [9.17, 15) is 9.59 Å². The minimum atomic E-state index is -0.170. The number of rotatable bonds is 9. The van der Waals surface area contributed by atoms with Gasteiger partial charge in [0.25, 0.3) is 0 Å². The van der Waals surface area contributed by atoms with Crippen LogP contribution in [0.3, 0.4) is 0 Å². The van der Waals surface area contributed by atoms with E-state index in [0.717, 1.165) is 25.8 Å². The molecule has 1 aliphatic rings. The second-order valence-electron chi connectivity index (χ2n) is 4.94. The normalized spacial score (nSPS) is 18.9. The highest BCUT2D eigenvalue weighted by Gasteiger charge is 2.33. The molecule has 0 spiro atoms. The topological polar surface area (TPSA) is 58.6 Å². The quantitative estimate of drug-likeness (QED) is 0.640. The second kappa shape index (κ2) is 8.91. The van der Waals surface area contributed by atoms with Crippen molar-refractivity contribution in [3.63, 3.8) is 0 Å². The maximum Gasteiger partial charge on any atom is 0.225 e. The number of likely N-dealkylation sites (tertiary alicyclic amines) is 1. The van der Waals surface area contributed by atoms with Crippen LogP contribution in [0, 0.1) is 5.92 Å². The molecule has 1 rings (SSSR count). The molecule has 0 bridgehead atoms. The summed E-state index contributed by atoms with van der Waals surface area (Å²) < 4.78 is 5.21. The number of hydrogen-bond donors (Lipinski definition) is 1. The van der Waals surface area contributed by atoms with Crippen molar-refractivity contribution >= 4 is 11.8 Å². The van der Waals surface area contributed by atoms with Crippen LogP contribution >= 0.6 is 0 Å². The summed E-state index contributed by atoms with van der Waals surface area (Å²) in [6, 6.07) is 0. The number of ether oxygens (including phenoxy) is 1. The Morgan fingerprint density at radius 1 is 1.42 bits per heavy atom. The monoisotopic (exact) mass is 270 g/mol. The number of amides is 2. The molecular formula is C14H26N2O3. The van der Waals surface area contributed by atoms with E-state index in [1.54, 1.807) is 0 Å². The third-order valence-electron chi connectivity index (χ3n) is 3.34. The molecule has 0 unspecified atom stereocenters. The smallest absolute Gasteiger partial charge is 0.225 e. The number of carbonyl (C=O) groups is 2. The van der Waals surface area contributed by atoms with E-state index in [-0.39, 0.29) is 17.7 Å². The molecule has 0 saturated carbocycles. The highest BCUT2D eigenvalue weighted by atomic mass is 16.5. The lowest BCUT2D eigenvalue weighted by molar-refractivity contribution is -0.129. The van der Waals surface area contributed by atoms with Gasteiger partial charge in [0.15, 0.2) is 0 Å². The molecule has 1 N–H and O–H groups in total. The summed E-state index contributed by atoms with van der Waals surface area (Å²) in [5.41, 5.74) is 0. The molecule has 1 saturated heterocycles. The van der Waals surface area contributed by atoms with Gasteiger partial charge in [-0.2, -0.15) is 0 Å². The Kier molecular flexibility index (Phi) is 7.48. The summed E-state index contributed by atoms with van der Waals surface area (Å²) in [5, 5.41) is 2.88. The lowest BCUT2D eigenvalue weighted by Crippen LogP contribution is -2.34. The van der Waals surface area contributed by atoms with E-state index in [0.29, 0.717) is 32.7 Å². The molecule has 19 heavy (non-hydrogen) atoms. The fourth-order valence-electron chi connectivity index (χ4n) is 2.19. The molecule has 5 nitrogen and oxygen atoms in total.